The predicted molar refractivity (Wildman–Crippen MR) is 72.3 cm³/mol. The van der Waals surface area contributed by atoms with E-state index in [2.05, 4.69) is 12.6 Å². The van der Waals surface area contributed by atoms with E-state index in [9.17, 15) is 9.90 Å². The third-order valence-corrected chi connectivity index (χ3v) is 4.06. The summed E-state index contributed by atoms with van der Waals surface area (Å²) in [7, 11) is 0. The largest absolute Gasteiger partial charge is 0.463 e. The van der Waals surface area contributed by atoms with Crippen molar-refractivity contribution >= 4 is 12.0 Å². The highest BCUT2D eigenvalue weighted by Gasteiger charge is 2.52. The van der Waals surface area contributed by atoms with Gasteiger partial charge in [-0.05, 0) is 29.5 Å². The molecule has 98 valence electrons. The number of cyclic esters (lactones) is 1. The van der Waals surface area contributed by atoms with Crippen molar-refractivity contribution in [1.29, 1.82) is 0 Å². The van der Waals surface area contributed by atoms with Crippen LogP contribution in [0, 0.1) is 5.92 Å². The van der Waals surface area contributed by atoms with Crippen molar-refractivity contribution in [3.63, 3.8) is 0 Å². The molecule has 1 heterocycles. The first-order valence-electron chi connectivity index (χ1n) is 6.47. The molecule has 0 saturated carbocycles. The zero-order valence-electron chi connectivity index (χ0n) is 10.6. The number of carbonyl (C=O) groups excluding carboxylic acids is 1. The topological polar surface area (TPSA) is 46.5 Å². The lowest BCUT2D eigenvalue weighted by molar-refractivity contribution is -0.150. The van der Waals surface area contributed by atoms with Gasteiger partial charge in [0.25, 0.3) is 0 Å². The highest BCUT2D eigenvalue weighted by molar-refractivity contribution is 5.88. The lowest BCUT2D eigenvalue weighted by Crippen LogP contribution is -2.42. The Morgan fingerprint density at radius 2 is 2.16 bits per heavy atom. The van der Waals surface area contributed by atoms with Crippen LogP contribution < -0.4 is 0 Å². The van der Waals surface area contributed by atoms with E-state index in [0.717, 1.165) is 17.6 Å². The molecule has 1 aliphatic carbocycles. The molecule has 1 aromatic carbocycles. The smallest absolute Gasteiger partial charge is 0.343 e. The first-order chi connectivity index (χ1) is 9.16. The third-order valence-electron chi connectivity index (χ3n) is 4.06. The maximum absolute atomic E-state index is 11.9. The van der Waals surface area contributed by atoms with E-state index in [0.29, 0.717) is 6.42 Å². The van der Waals surface area contributed by atoms with Gasteiger partial charge in [-0.3, -0.25) is 0 Å². The molecule has 2 aliphatic rings. The maximum Gasteiger partial charge on any atom is 0.343 e. The number of aryl methyl sites for hydroxylation is 1. The summed E-state index contributed by atoms with van der Waals surface area (Å²) in [5.74, 6) is -0.917. The number of ether oxygens (including phenoxy) is 1. The summed E-state index contributed by atoms with van der Waals surface area (Å²) in [4.78, 5) is 11.9. The van der Waals surface area contributed by atoms with Crippen LogP contribution in [-0.2, 0) is 16.0 Å². The lowest BCUT2D eigenvalue weighted by atomic mass is 9.77. The number of aliphatic hydroxyl groups is 1. The van der Waals surface area contributed by atoms with Crippen LogP contribution in [0.25, 0.3) is 6.08 Å². The summed E-state index contributed by atoms with van der Waals surface area (Å²) in [5.41, 5.74) is 1.52. The average molecular weight is 256 g/mol. The van der Waals surface area contributed by atoms with Gasteiger partial charge in [-0.25, -0.2) is 4.79 Å². The Morgan fingerprint density at radius 3 is 2.95 bits per heavy atom. The van der Waals surface area contributed by atoms with Gasteiger partial charge in [-0.15, -0.1) is 6.58 Å². The van der Waals surface area contributed by atoms with Gasteiger partial charge in [0, 0.05) is 0 Å². The molecular weight excluding hydrogens is 240 g/mol. The molecule has 3 nitrogen and oxygen atoms in total. The van der Waals surface area contributed by atoms with Crippen LogP contribution in [0.3, 0.4) is 0 Å². The number of hydrogen-bond donors (Lipinski definition) is 1. The Labute approximate surface area is 112 Å². The number of benzene rings is 1. The predicted octanol–water partition coefficient (Wildman–Crippen LogP) is 2.11. The molecular formula is C16H16O3. The van der Waals surface area contributed by atoms with E-state index < -0.39 is 11.6 Å². The van der Waals surface area contributed by atoms with E-state index in [1.165, 1.54) is 5.56 Å². The second kappa shape index (κ2) is 4.35. The molecule has 19 heavy (non-hydrogen) atoms. The highest BCUT2D eigenvalue weighted by atomic mass is 16.6. The Hall–Kier alpha value is -1.87. The minimum atomic E-state index is -1.53. The number of fused-ring (bicyclic) bond motifs is 1. The van der Waals surface area contributed by atoms with Gasteiger partial charge in [0.2, 0.25) is 0 Å². The minimum absolute atomic E-state index is 0.206. The van der Waals surface area contributed by atoms with E-state index in [1.54, 1.807) is 6.08 Å². The fraction of sp³-hybridized carbons (Fsp3) is 0.312. The normalized spacial score (nSPS) is 29.4. The number of esters is 1. The Balaban J connectivity index is 2.05. The number of rotatable bonds is 2. The Morgan fingerprint density at radius 1 is 1.37 bits per heavy atom. The molecule has 3 rings (SSSR count). The van der Waals surface area contributed by atoms with E-state index in [4.69, 9.17) is 4.74 Å². The van der Waals surface area contributed by atoms with Crippen molar-refractivity contribution in [2.45, 2.75) is 18.4 Å². The Bertz CT molecular complexity index is 573. The molecule has 1 saturated heterocycles. The van der Waals surface area contributed by atoms with Crippen LogP contribution in [0.15, 0.2) is 42.5 Å². The summed E-state index contributed by atoms with van der Waals surface area (Å²) in [6.45, 7) is 3.90. The fourth-order valence-corrected chi connectivity index (χ4v) is 2.89. The first-order valence-corrected chi connectivity index (χ1v) is 6.47. The zero-order valence-corrected chi connectivity index (χ0v) is 10.6. The molecule has 0 amide bonds. The van der Waals surface area contributed by atoms with Crippen LogP contribution in [-0.4, -0.2) is 23.3 Å². The van der Waals surface area contributed by atoms with Crippen LogP contribution in [0.4, 0.5) is 0 Å². The van der Waals surface area contributed by atoms with Crippen LogP contribution in [0.2, 0.25) is 0 Å². The van der Waals surface area contributed by atoms with Crippen LogP contribution in [0.5, 0.6) is 0 Å². The molecule has 0 radical (unpaired) electrons. The lowest BCUT2D eigenvalue weighted by Gasteiger charge is -2.29. The quantitative estimate of drug-likeness (QED) is 0.651. The molecule has 0 bridgehead atoms. The summed E-state index contributed by atoms with van der Waals surface area (Å²) in [6, 6.07) is 8.04. The van der Waals surface area contributed by atoms with Crippen molar-refractivity contribution in [2.24, 2.45) is 5.92 Å². The van der Waals surface area contributed by atoms with E-state index >= 15 is 0 Å². The number of carbonyl (C=O) groups is 1. The summed E-state index contributed by atoms with van der Waals surface area (Å²) in [6.07, 6.45) is 5.03. The molecule has 0 spiro atoms. The first kappa shape index (κ1) is 12.2. The monoisotopic (exact) mass is 256 g/mol. The van der Waals surface area contributed by atoms with Crippen molar-refractivity contribution in [3.8, 4) is 0 Å². The molecule has 0 unspecified atom stereocenters. The molecule has 1 aliphatic heterocycles. The molecule has 3 heteroatoms. The van der Waals surface area contributed by atoms with Gasteiger partial charge >= 0.3 is 5.97 Å². The van der Waals surface area contributed by atoms with E-state index in [-0.39, 0.29) is 12.5 Å². The molecule has 1 fully saturated rings. The van der Waals surface area contributed by atoms with Crippen LogP contribution in [0.1, 0.15) is 17.5 Å². The zero-order chi connectivity index (χ0) is 13.5. The van der Waals surface area contributed by atoms with Gasteiger partial charge in [0.1, 0.15) is 6.61 Å². The third kappa shape index (κ3) is 1.73. The highest BCUT2D eigenvalue weighted by Crippen LogP contribution is 2.39. The minimum Gasteiger partial charge on any atom is -0.463 e. The van der Waals surface area contributed by atoms with Crippen molar-refractivity contribution in [1.82, 2.24) is 0 Å². The van der Waals surface area contributed by atoms with Gasteiger partial charge in [0.15, 0.2) is 5.60 Å². The van der Waals surface area contributed by atoms with Crippen LogP contribution >= 0.6 is 0 Å². The summed E-state index contributed by atoms with van der Waals surface area (Å²) < 4.78 is 5.01. The molecule has 0 aromatic heterocycles. The number of hydrogen-bond acceptors (Lipinski definition) is 3. The van der Waals surface area contributed by atoms with Crippen molar-refractivity contribution in [2.75, 3.05) is 6.61 Å². The summed E-state index contributed by atoms with van der Waals surface area (Å²) in [5, 5.41) is 10.8. The second-order valence-corrected chi connectivity index (χ2v) is 5.08. The van der Waals surface area contributed by atoms with Crippen molar-refractivity contribution < 1.29 is 14.6 Å². The summed E-state index contributed by atoms with van der Waals surface area (Å²) >= 11 is 0. The standard InChI is InChI=1S/C16H16O3/c1-2-13-10-19-15(17)16(13,18)14-8-7-11-5-3-4-6-12(11)9-14/h2-6,9,13,18H,1,7-8,10H2/t13-,16-/m0/s1. The van der Waals surface area contributed by atoms with Crippen molar-refractivity contribution in [3.05, 3.63) is 53.6 Å². The maximum atomic E-state index is 11.9. The fourth-order valence-electron chi connectivity index (χ4n) is 2.89. The molecule has 1 aromatic rings. The van der Waals surface area contributed by atoms with E-state index in [1.807, 2.05) is 24.3 Å². The SMILES string of the molecule is C=C[C@H]1COC(=O)[C@@]1(O)C1=Cc2ccccc2CC1. The van der Waals surface area contributed by atoms with Gasteiger partial charge in [-0.2, -0.15) is 0 Å². The Kier molecular flexibility index (Phi) is 2.79. The molecule has 2 atom stereocenters. The van der Waals surface area contributed by atoms with Gasteiger partial charge in [-0.1, -0.05) is 36.4 Å². The second-order valence-electron chi connectivity index (χ2n) is 5.08. The van der Waals surface area contributed by atoms with Gasteiger partial charge < -0.3 is 9.84 Å². The van der Waals surface area contributed by atoms with Gasteiger partial charge in [0.05, 0.1) is 5.92 Å². The average Bonchev–Trinajstić information content (AvgIpc) is 2.75. The molecule has 1 N–H and O–H groups in total.